The van der Waals surface area contributed by atoms with Crippen LogP contribution in [0.5, 0.6) is 17.2 Å². The third kappa shape index (κ3) is 8.78. The van der Waals surface area contributed by atoms with E-state index in [1.165, 1.54) is 55.3 Å². The summed E-state index contributed by atoms with van der Waals surface area (Å²) in [5.41, 5.74) is 3.37. The second-order valence-electron chi connectivity index (χ2n) is 19.2. The van der Waals surface area contributed by atoms with Gasteiger partial charge in [0.25, 0.3) is 21.6 Å². The number of piperidine rings is 1. The number of piperazine rings is 1. The van der Waals surface area contributed by atoms with Gasteiger partial charge in [0.05, 0.1) is 22.1 Å². The Kier molecular flexibility index (Phi) is 11.9. The molecule has 0 radical (unpaired) electrons. The molecule has 2 atom stereocenters. The molecule has 1 amide bonds. The number of aromatic nitrogens is 3. The van der Waals surface area contributed by atoms with Crippen LogP contribution in [-0.2, 0) is 10.0 Å². The van der Waals surface area contributed by atoms with E-state index in [0.717, 1.165) is 70.1 Å². The van der Waals surface area contributed by atoms with Crippen molar-refractivity contribution >= 4 is 44.2 Å². The fraction of sp³-hybridized carbons (Fsp3) is 0.479. The Morgan fingerprint density at radius 3 is 2.58 bits per heavy atom. The molecule has 5 aliphatic rings. The van der Waals surface area contributed by atoms with E-state index >= 15 is 0 Å². The zero-order chi connectivity index (χ0) is 45.7. The number of ether oxygens (including phenoxy) is 2. The summed E-state index contributed by atoms with van der Waals surface area (Å²) in [6.45, 7) is 11.6. The molecule has 66 heavy (non-hydrogen) atoms. The lowest BCUT2D eigenvalue weighted by molar-refractivity contribution is -0.384. The highest BCUT2D eigenvalue weighted by Crippen LogP contribution is 2.54. The summed E-state index contributed by atoms with van der Waals surface area (Å²) in [6.07, 6.45) is 11.4. The van der Waals surface area contributed by atoms with Crippen LogP contribution in [-0.4, -0.2) is 127 Å². The number of H-pyrrole nitrogens is 1. The van der Waals surface area contributed by atoms with Gasteiger partial charge >= 0.3 is 0 Å². The van der Waals surface area contributed by atoms with Gasteiger partial charge in [0.1, 0.15) is 35.1 Å². The smallest absolute Gasteiger partial charge is 0.297 e. The lowest BCUT2D eigenvalue weighted by Crippen LogP contribution is -2.55. The van der Waals surface area contributed by atoms with Gasteiger partial charge in [-0.15, -0.1) is 0 Å². The van der Waals surface area contributed by atoms with Gasteiger partial charge in [0.15, 0.2) is 11.4 Å². The molecule has 1 aliphatic carbocycles. The zero-order valence-corrected chi connectivity index (χ0v) is 38.6. The van der Waals surface area contributed by atoms with Crippen LogP contribution in [0.25, 0.3) is 11.0 Å². The van der Waals surface area contributed by atoms with E-state index < -0.39 is 31.4 Å². The molecule has 3 N–H and O–H groups in total. The summed E-state index contributed by atoms with van der Waals surface area (Å²) in [4.78, 5) is 47.0. The van der Waals surface area contributed by atoms with Crippen molar-refractivity contribution in [1.82, 2.24) is 34.4 Å². The maximum Gasteiger partial charge on any atom is 0.297 e. The number of hydrogen-bond acceptors (Lipinski definition) is 14. The summed E-state index contributed by atoms with van der Waals surface area (Å²) in [6, 6.07) is 17.2. The highest BCUT2D eigenvalue weighted by atomic mass is 32.2. The Morgan fingerprint density at radius 2 is 1.80 bits per heavy atom. The van der Waals surface area contributed by atoms with Gasteiger partial charge in [-0.2, -0.15) is 0 Å². The topological polar surface area (TPSA) is 191 Å². The minimum atomic E-state index is -4.66. The average Bonchev–Trinajstić information content (AvgIpc) is 3.99. The molecule has 1 spiro atoms. The maximum absolute atomic E-state index is 14.1. The van der Waals surface area contributed by atoms with Crippen LogP contribution in [0.3, 0.4) is 0 Å². The number of nitro benzene ring substituents is 1. The normalized spacial score (nSPS) is 21.6. The first-order valence-corrected chi connectivity index (χ1v) is 24.7. The van der Waals surface area contributed by atoms with E-state index in [2.05, 4.69) is 84.8 Å². The van der Waals surface area contributed by atoms with Gasteiger partial charge in [-0.25, -0.2) is 23.1 Å². The molecule has 4 aliphatic heterocycles. The molecule has 18 heteroatoms. The van der Waals surface area contributed by atoms with Gasteiger partial charge in [-0.05, 0) is 86.7 Å². The van der Waals surface area contributed by atoms with Crippen LogP contribution < -0.4 is 24.4 Å². The summed E-state index contributed by atoms with van der Waals surface area (Å²) in [7, 11) is -2.60. The zero-order valence-electron chi connectivity index (χ0n) is 37.7. The average molecular weight is 919 g/mol. The molecule has 0 bridgehead atoms. The van der Waals surface area contributed by atoms with Crippen LogP contribution >= 0.6 is 0 Å². The molecular formula is C48H58N10O7S. The quantitative estimate of drug-likeness (QED) is 0.0865. The number of benzene rings is 2. The lowest BCUT2D eigenvalue weighted by Gasteiger charge is -2.56. The van der Waals surface area contributed by atoms with Crippen molar-refractivity contribution in [3.8, 4) is 17.2 Å². The van der Waals surface area contributed by atoms with Crippen molar-refractivity contribution in [2.24, 2.45) is 5.41 Å². The predicted octanol–water partition coefficient (Wildman–Crippen LogP) is 6.91. The summed E-state index contributed by atoms with van der Waals surface area (Å²) < 4.78 is 42.3. The molecule has 0 unspecified atom stereocenters. The largest absolute Gasteiger partial charge is 0.489 e. The fourth-order valence-electron chi connectivity index (χ4n) is 10.9. The summed E-state index contributed by atoms with van der Waals surface area (Å²) in [5.74, 6) is 0.527. The van der Waals surface area contributed by atoms with Crippen molar-refractivity contribution in [2.75, 3.05) is 76.2 Å². The maximum atomic E-state index is 14.1. The number of amides is 1. The second kappa shape index (κ2) is 17.8. The van der Waals surface area contributed by atoms with Crippen molar-refractivity contribution in [3.63, 3.8) is 0 Å². The van der Waals surface area contributed by atoms with Crippen molar-refractivity contribution in [1.29, 1.82) is 0 Å². The number of anilines is 2. The third-order valence-corrected chi connectivity index (χ3v) is 15.9. The first-order valence-electron chi connectivity index (χ1n) is 23.2. The second-order valence-corrected chi connectivity index (χ2v) is 20.9. The molecule has 2 aromatic carbocycles. The van der Waals surface area contributed by atoms with Crippen LogP contribution in [0, 0.1) is 15.5 Å². The van der Waals surface area contributed by atoms with Gasteiger partial charge in [0.2, 0.25) is 0 Å². The number of rotatable bonds is 12. The van der Waals surface area contributed by atoms with E-state index in [0.29, 0.717) is 41.8 Å². The molecule has 348 valence electrons. The van der Waals surface area contributed by atoms with Crippen molar-refractivity contribution in [3.05, 3.63) is 100.0 Å². The standard InChI is InChI=1S/C48H58N10O7S/c1-31(2)37-7-4-5-8-38(37)40-9-6-14-57(40)34-25-48(26-34)11-15-56(16-12-48)44-24-42(65-35-21-32-10-13-49-46(32)51-27-35)39(28-50-44)47(59)53-66(62,63)36-22-41(58(60)61)45-43(23-36)64-30-33(52-45)29-55-19-17-54(3)18-20-55/h4-5,7-8,10,13,21-24,27-28,31,33-34,40,52H,6,9,11-12,14-20,25-26,29-30H2,1-3H3,(H,49,51)(H,53,59)/t33-,40-/m0/s1. The minimum absolute atomic E-state index is 0.0164. The Hall–Kier alpha value is -5.82. The van der Waals surface area contributed by atoms with E-state index in [9.17, 15) is 23.3 Å². The lowest BCUT2D eigenvalue weighted by atomic mass is 9.60. The number of sulfonamides is 1. The van der Waals surface area contributed by atoms with Crippen LogP contribution in [0.4, 0.5) is 17.2 Å². The number of carbonyl (C=O) groups excluding carboxylic acids is 1. The highest BCUT2D eigenvalue weighted by Gasteiger charge is 2.50. The molecule has 7 heterocycles. The van der Waals surface area contributed by atoms with E-state index in [1.54, 1.807) is 18.3 Å². The molecule has 4 fully saturated rings. The highest BCUT2D eigenvalue weighted by molar-refractivity contribution is 7.90. The van der Waals surface area contributed by atoms with E-state index in [1.807, 2.05) is 6.07 Å². The van der Waals surface area contributed by atoms with Crippen LogP contribution in [0.1, 0.15) is 85.8 Å². The molecule has 17 nitrogen and oxygen atoms in total. The predicted molar refractivity (Wildman–Crippen MR) is 251 cm³/mol. The van der Waals surface area contributed by atoms with E-state index in [-0.39, 0.29) is 40.8 Å². The summed E-state index contributed by atoms with van der Waals surface area (Å²) in [5, 5.41) is 16.4. The Morgan fingerprint density at radius 1 is 1.02 bits per heavy atom. The number of nitro groups is 1. The number of aromatic amines is 1. The van der Waals surface area contributed by atoms with Gasteiger partial charge in [0, 0.05) is 93.9 Å². The third-order valence-electron chi connectivity index (χ3n) is 14.6. The molecule has 5 aromatic rings. The van der Waals surface area contributed by atoms with Crippen LogP contribution in [0.15, 0.2) is 78.1 Å². The number of nitrogens with zero attached hydrogens (tertiary/aromatic N) is 7. The molecule has 3 saturated heterocycles. The van der Waals surface area contributed by atoms with Gasteiger partial charge in [-0.1, -0.05) is 38.1 Å². The summed E-state index contributed by atoms with van der Waals surface area (Å²) >= 11 is 0. The van der Waals surface area contributed by atoms with Crippen molar-refractivity contribution in [2.45, 2.75) is 81.3 Å². The number of fused-ring (bicyclic) bond motifs is 2. The van der Waals surface area contributed by atoms with Crippen molar-refractivity contribution < 1.29 is 27.6 Å². The molecule has 3 aromatic heterocycles. The molecule has 1 saturated carbocycles. The number of likely N-dealkylation sites (N-methyl/N-ethyl adjacent to an activating group) is 1. The monoisotopic (exact) mass is 918 g/mol. The Balaban J connectivity index is 0.848. The number of hydrogen-bond donors (Lipinski definition) is 3. The van der Waals surface area contributed by atoms with Gasteiger partial charge < -0.3 is 29.6 Å². The molecule has 10 rings (SSSR count). The number of likely N-dealkylation sites (tertiary alicyclic amines) is 1. The first-order chi connectivity index (χ1) is 31.8. The Bertz CT molecular complexity index is 2740. The number of carbonyl (C=O) groups is 1. The van der Waals surface area contributed by atoms with E-state index in [4.69, 9.17) is 14.5 Å². The first kappa shape index (κ1) is 44.0. The number of nitrogens with one attached hydrogen (secondary N) is 3. The van der Waals surface area contributed by atoms with Crippen LogP contribution in [0.2, 0.25) is 0 Å². The molecular weight excluding hydrogens is 861 g/mol. The minimum Gasteiger partial charge on any atom is -0.489 e. The van der Waals surface area contributed by atoms with Gasteiger partial charge in [-0.3, -0.25) is 24.7 Å². The Labute approximate surface area is 385 Å². The fourth-order valence-corrected chi connectivity index (χ4v) is 11.9. The number of pyridine rings is 2. The SMILES string of the molecule is CC(C)c1ccccc1[C@@H]1CCCN1C1CC2(CCN(c3cc(Oc4cnc5[nH]ccc5c4)c(C(=O)NS(=O)(=O)c4cc5c(c([N+](=O)[O-])c4)N[C@@H](CN4CCN(C)CC4)CO5)cn3)CC2)C1.